The number of hydrogen-bond donors (Lipinski definition) is 1. The van der Waals surface area contributed by atoms with Gasteiger partial charge in [-0.15, -0.1) is 11.3 Å². The average Bonchev–Trinajstić information content (AvgIpc) is 3.24. The minimum atomic E-state index is -3.65. The molecule has 1 amide bonds. The highest BCUT2D eigenvalue weighted by molar-refractivity contribution is 7.89. The fourth-order valence-electron chi connectivity index (χ4n) is 3.66. The largest absolute Gasteiger partial charge is 0.360 e. The Labute approximate surface area is 163 Å². The summed E-state index contributed by atoms with van der Waals surface area (Å²) in [4.78, 5) is 16.5. The number of carbonyl (C=O) groups is 1. The van der Waals surface area contributed by atoms with E-state index in [-0.39, 0.29) is 22.6 Å². The first kappa shape index (κ1) is 20.0. The van der Waals surface area contributed by atoms with Crippen molar-refractivity contribution >= 4 is 32.4 Å². The summed E-state index contributed by atoms with van der Waals surface area (Å²) in [7, 11) is -3.65. The number of nitrogens with one attached hydrogen (secondary N) is 1. The number of rotatable bonds is 6. The number of anilines is 1. The summed E-state index contributed by atoms with van der Waals surface area (Å²) >= 11 is 1.38. The first-order chi connectivity index (χ1) is 12.8. The van der Waals surface area contributed by atoms with Gasteiger partial charge in [0.1, 0.15) is 10.6 Å². The number of carbonyl (C=O) groups excluding carboxylic acids is 1. The minimum Gasteiger partial charge on any atom is -0.360 e. The van der Waals surface area contributed by atoms with E-state index < -0.39 is 10.0 Å². The molecular weight excluding hydrogens is 388 g/mol. The number of piperidine rings is 1. The summed E-state index contributed by atoms with van der Waals surface area (Å²) in [6, 6.07) is 0. The third-order valence-corrected chi connectivity index (χ3v) is 7.87. The fraction of sp³-hybridized carbons (Fsp3) is 0.588. The lowest BCUT2D eigenvalue weighted by Crippen LogP contribution is -2.44. The molecule has 2 atom stereocenters. The molecule has 10 heteroatoms. The number of thiazole rings is 1. The molecule has 1 saturated heterocycles. The SMILES string of the molecule is CCC1CN(S(=O)(=O)c2c(C)noc2C)CCC1CC(=O)Nc1nccs1. The van der Waals surface area contributed by atoms with Crippen LogP contribution in [-0.2, 0) is 14.8 Å². The van der Waals surface area contributed by atoms with Crippen LogP contribution in [0.2, 0.25) is 0 Å². The molecule has 8 nitrogen and oxygen atoms in total. The highest BCUT2D eigenvalue weighted by Crippen LogP contribution is 2.33. The molecule has 1 aliphatic rings. The van der Waals surface area contributed by atoms with E-state index in [1.807, 2.05) is 12.3 Å². The number of hydrogen-bond acceptors (Lipinski definition) is 7. The fourth-order valence-corrected chi connectivity index (χ4v) is 6.01. The topological polar surface area (TPSA) is 105 Å². The average molecular weight is 413 g/mol. The van der Waals surface area contributed by atoms with Crippen LogP contribution in [0, 0.1) is 25.7 Å². The van der Waals surface area contributed by atoms with Crippen LogP contribution in [-0.4, -0.2) is 41.9 Å². The van der Waals surface area contributed by atoms with E-state index >= 15 is 0 Å². The van der Waals surface area contributed by atoms with E-state index in [2.05, 4.69) is 15.5 Å². The van der Waals surface area contributed by atoms with Gasteiger partial charge in [-0.05, 0) is 32.1 Å². The molecule has 2 unspecified atom stereocenters. The third-order valence-electron chi connectivity index (χ3n) is 5.07. The Morgan fingerprint density at radius 2 is 2.19 bits per heavy atom. The molecule has 0 aromatic carbocycles. The van der Waals surface area contributed by atoms with Gasteiger partial charge in [0.05, 0.1) is 0 Å². The summed E-state index contributed by atoms with van der Waals surface area (Å²) in [5.74, 6) is 0.503. The van der Waals surface area contributed by atoms with Crippen LogP contribution < -0.4 is 5.32 Å². The van der Waals surface area contributed by atoms with Crippen molar-refractivity contribution in [1.82, 2.24) is 14.4 Å². The van der Waals surface area contributed by atoms with Crippen molar-refractivity contribution in [1.29, 1.82) is 0 Å². The highest BCUT2D eigenvalue weighted by atomic mass is 32.2. The standard InChI is InChI=1S/C17H24N4O4S2/c1-4-13-10-21(27(23,24)16-11(2)20-25-12(16)3)7-5-14(13)9-15(22)19-17-18-6-8-26-17/h6,8,13-14H,4-5,7,9-10H2,1-3H3,(H,18,19,22). The van der Waals surface area contributed by atoms with Crippen LogP contribution in [0.5, 0.6) is 0 Å². The molecule has 27 heavy (non-hydrogen) atoms. The monoisotopic (exact) mass is 412 g/mol. The molecule has 148 valence electrons. The predicted molar refractivity (Wildman–Crippen MR) is 102 cm³/mol. The zero-order chi connectivity index (χ0) is 19.6. The Morgan fingerprint density at radius 1 is 1.41 bits per heavy atom. The van der Waals surface area contributed by atoms with Gasteiger partial charge < -0.3 is 9.84 Å². The molecular formula is C17H24N4O4S2. The Morgan fingerprint density at radius 3 is 2.78 bits per heavy atom. The van der Waals surface area contributed by atoms with Crippen LogP contribution in [0.15, 0.2) is 21.0 Å². The van der Waals surface area contributed by atoms with Crippen LogP contribution in [0.3, 0.4) is 0 Å². The van der Waals surface area contributed by atoms with Crippen LogP contribution in [0.25, 0.3) is 0 Å². The van der Waals surface area contributed by atoms with E-state index in [1.165, 1.54) is 15.6 Å². The van der Waals surface area contributed by atoms with Crippen LogP contribution in [0.4, 0.5) is 5.13 Å². The van der Waals surface area contributed by atoms with E-state index in [4.69, 9.17) is 4.52 Å². The van der Waals surface area contributed by atoms with Crippen molar-refractivity contribution in [3.63, 3.8) is 0 Å². The van der Waals surface area contributed by atoms with Gasteiger partial charge >= 0.3 is 0 Å². The summed E-state index contributed by atoms with van der Waals surface area (Å²) in [5.41, 5.74) is 0.380. The Kier molecular flexibility index (Phi) is 5.97. The Bertz CT molecular complexity index is 873. The Hall–Kier alpha value is -1.78. The van der Waals surface area contributed by atoms with Gasteiger partial charge in [0, 0.05) is 31.1 Å². The van der Waals surface area contributed by atoms with Gasteiger partial charge in [0.15, 0.2) is 10.9 Å². The molecule has 2 aromatic heterocycles. The molecule has 3 rings (SSSR count). The molecule has 0 radical (unpaired) electrons. The normalized spacial score (nSPS) is 21.3. The number of aryl methyl sites for hydroxylation is 2. The van der Waals surface area contributed by atoms with Crippen molar-refractivity contribution in [2.75, 3.05) is 18.4 Å². The summed E-state index contributed by atoms with van der Waals surface area (Å²) in [6.07, 6.45) is 3.47. The quantitative estimate of drug-likeness (QED) is 0.782. The van der Waals surface area contributed by atoms with E-state index in [1.54, 1.807) is 20.0 Å². The number of amides is 1. The van der Waals surface area contributed by atoms with E-state index in [0.29, 0.717) is 42.5 Å². The van der Waals surface area contributed by atoms with Gasteiger partial charge in [-0.3, -0.25) is 4.79 Å². The maximum atomic E-state index is 13.0. The molecule has 0 saturated carbocycles. The molecule has 3 heterocycles. The van der Waals surface area contributed by atoms with Crippen molar-refractivity contribution in [3.05, 3.63) is 23.0 Å². The van der Waals surface area contributed by atoms with Crippen LogP contribution >= 0.6 is 11.3 Å². The zero-order valence-electron chi connectivity index (χ0n) is 15.6. The minimum absolute atomic E-state index is 0.0737. The maximum Gasteiger partial charge on any atom is 0.248 e. The second kappa shape index (κ2) is 8.07. The summed E-state index contributed by atoms with van der Waals surface area (Å²) in [5, 5.41) is 8.97. The van der Waals surface area contributed by atoms with Gasteiger partial charge in [-0.25, -0.2) is 13.4 Å². The lowest BCUT2D eigenvalue weighted by molar-refractivity contribution is -0.117. The summed E-state index contributed by atoms with van der Waals surface area (Å²) in [6.45, 7) is 6.06. The third kappa shape index (κ3) is 4.22. The van der Waals surface area contributed by atoms with E-state index in [9.17, 15) is 13.2 Å². The smallest absolute Gasteiger partial charge is 0.248 e. The summed E-state index contributed by atoms with van der Waals surface area (Å²) < 4.78 is 32.6. The molecule has 1 fully saturated rings. The molecule has 1 aliphatic heterocycles. The lowest BCUT2D eigenvalue weighted by atomic mass is 9.82. The van der Waals surface area contributed by atoms with Gasteiger partial charge in [-0.1, -0.05) is 18.5 Å². The number of sulfonamides is 1. The van der Waals surface area contributed by atoms with Crippen molar-refractivity contribution in [3.8, 4) is 0 Å². The Balaban J connectivity index is 1.68. The van der Waals surface area contributed by atoms with E-state index in [0.717, 1.165) is 6.42 Å². The van der Waals surface area contributed by atoms with Crippen molar-refractivity contribution < 1.29 is 17.7 Å². The molecule has 0 spiro atoms. The second-order valence-electron chi connectivity index (χ2n) is 6.82. The zero-order valence-corrected chi connectivity index (χ0v) is 17.3. The first-order valence-corrected chi connectivity index (χ1v) is 11.3. The lowest BCUT2D eigenvalue weighted by Gasteiger charge is -2.37. The van der Waals surface area contributed by atoms with Crippen molar-refractivity contribution in [2.45, 2.75) is 44.9 Å². The molecule has 1 N–H and O–H groups in total. The number of aromatic nitrogens is 2. The maximum absolute atomic E-state index is 13.0. The van der Waals surface area contributed by atoms with Crippen LogP contribution in [0.1, 0.15) is 37.6 Å². The molecule has 2 aromatic rings. The number of nitrogens with zero attached hydrogens (tertiary/aromatic N) is 3. The van der Waals surface area contributed by atoms with Gasteiger partial charge in [0.2, 0.25) is 15.9 Å². The van der Waals surface area contributed by atoms with Crippen molar-refractivity contribution in [2.24, 2.45) is 11.8 Å². The van der Waals surface area contributed by atoms with Gasteiger partial charge in [-0.2, -0.15) is 4.31 Å². The second-order valence-corrected chi connectivity index (χ2v) is 9.59. The first-order valence-electron chi connectivity index (χ1n) is 8.95. The predicted octanol–water partition coefficient (Wildman–Crippen LogP) is 2.81. The molecule has 0 aliphatic carbocycles. The highest BCUT2D eigenvalue weighted by Gasteiger charge is 2.38. The van der Waals surface area contributed by atoms with Gasteiger partial charge in [0.25, 0.3) is 0 Å². The molecule has 0 bridgehead atoms.